The van der Waals surface area contributed by atoms with E-state index in [9.17, 15) is 31.5 Å². The van der Waals surface area contributed by atoms with Gasteiger partial charge in [-0.3, -0.25) is 13.8 Å². The van der Waals surface area contributed by atoms with Crippen molar-refractivity contribution in [2.24, 2.45) is 7.05 Å². The molecule has 0 spiro atoms. The van der Waals surface area contributed by atoms with E-state index in [2.05, 4.69) is 10.00 Å². The third-order valence-corrected chi connectivity index (χ3v) is 10.4. The molecule has 242 valence electrons. The Labute approximate surface area is 263 Å². The molecule has 2 aromatic heterocycles. The molecule has 45 heavy (non-hydrogen) atoms. The van der Waals surface area contributed by atoms with Gasteiger partial charge in [-0.1, -0.05) is 23.7 Å². The van der Waals surface area contributed by atoms with Crippen LogP contribution in [0.5, 0.6) is 0 Å². The third kappa shape index (κ3) is 6.30. The first-order chi connectivity index (χ1) is 21.2. The van der Waals surface area contributed by atoms with Crippen molar-refractivity contribution in [2.75, 3.05) is 32.4 Å². The van der Waals surface area contributed by atoms with Gasteiger partial charge in [0.15, 0.2) is 0 Å². The molecule has 1 saturated heterocycles. The zero-order valence-electron chi connectivity index (χ0n) is 24.8. The number of alkyl halides is 3. The van der Waals surface area contributed by atoms with Crippen molar-refractivity contribution < 1.29 is 26.7 Å². The van der Waals surface area contributed by atoms with E-state index in [1.807, 2.05) is 16.7 Å². The van der Waals surface area contributed by atoms with Crippen LogP contribution in [-0.4, -0.2) is 80.2 Å². The second-order valence-corrected chi connectivity index (χ2v) is 14.3. The molecule has 10 nitrogen and oxygen atoms in total. The van der Waals surface area contributed by atoms with Gasteiger partial charge in [0.05, 0.1) is 41.2 Å². The molecular weight excluding hydrogens is 633 g/mol. The van der Waals surface area contributed by atoms with Crippen LogP contribution in [0.1, 0.15) is 35.7 Å². The minimum Gasteiger partial charge on any atom is -0.390 e. The number of aryl methyl sites for hydroxylation is 1. The lowest BCUT2D eigenvalue weighted by Gasteiger charge is -2.33. The molecule has 4 aromatic rings. The molecule has 4 heterocycles. The fraction of sp³-hybridized carbons (Fsp3) is 0.467. The summed E-state index contributed by atoms with van der Waals surface area (Å²) >= 11 is 6.23. The monoisotopic (exact) mass is 666 g/mol. The number of halogens is 4. The first-order valence-corrected chi connectivity index (χ1v) is 16.9. The molecule has 2 aliphatic heterocycles. The van der Waals surface area contributed by atoms with E-state index in [4.69, 9.17) is 11.6 Å². The summed E-state index contributed by atoms with van der Waals surface area (Å²) in [6, 6.07) is 10.1. The van der Waals surface area contributed by atoms with Crippen LogP contribution in [0.25, 0.3) is 22.3 Å². The Morgan fingerprint density at radius 1 is 1.04 bits per heavy atom. The summed E-state index contributed by atoms with van der Waals surface area (Å²) in [5.41, 5.74) is 2.97. The Morgan fingerprint density at radius 2 is 1.73 bits per heavy atom. The Balaban J connectivity index is 1.18. The largest absolute Gasteiger partial charge is 0.416 e. The molecule has 0 saturated carbocycles. The van der Waals surface area contributed by atoms with Crippen molar-refractivity contribution in [3.8, 4) is 11.3 Å². The average Bonchev–Trinajstić information content (AvgIpc) is 3.46. The fourth-order valence-corrected chi connectivity index (χ4v) is 7.51. The van der Waals surface area contributed by atoms with Crippen LogP contribution in [0, 0.1) is 0 Å². The number of hydrogen-bond acceptors (Lipinski definition) is 6. The summed E-state index contributed by atoms with van der Waals surface area (Å²) in [5.74, 6) is 0. The summed E-state index contributed by atoms with van der Waals surface area (Å²) in [5, 5.41) is 16.4. The lowest BCUT2D eigenvalue weighted by molar-refractivity contribution is -0.137. The number of β-amino-alcohol motifs (C(OH)–C–C–N with tert-alkyl or cyclic N) is 1. The van der Waals surface area contributed by atoms with E-state index in [1.165, 1.54) is 16.4 Å². The Kier molecular flexibility index (Phi) is 8.40. The highest BCUT2D eigenvalue weighted by Gasteiger charge is 2.33. The van der Waals surface area contributed by atoms with Crippen molar-refractivity contribution in [1.82, 2.24) is 28.1 Å². The topological polar surface area (TPSA) is 106 Å². The van der Waals surface area contributed by atoms with Crippen molar-refractivity contribution >= 4 is 32.7 Å². The summed E-state index contributed by atoms with van der Waals surface area (Å²) in [6.45, 7) is 2.13. The molecule has 0 unspecified atom stereocenters. The van der Waals surface area contributed by atoms with E-state index in [0.717, 1.165) is 48.0 Å². The third-order valence-electron chi connectivity index (χ3n) is 8.88. The van der Waals surface area contributed by atoms with Gasteiger partial charge in [-0.15, -0.1) is 0 Å². The van der Waals surface area contributed by atoms with Gasteiger partial charge in [0.1, 0.15) is 0 Å². The number of benzene rings is 2. The number of nitrogens with zero attached hydrogens (tertiary/aromatic N) is 6. The maximum absolute atomic E-state index is 13.2. The van der Waals surface area contributed by atoms with Crippen LogP contribution >= 0.6 is 11.6 Å². The molecule has 0 amide bonds. The molecule has 2 aliphatic rings. The van der Waals surface area contributed by atoms with Crippen molar-refractivity contribution in [3.63, 3.8) is 0 Å². The maximum atomic E-state index is 13.2. The van der Waals surface area contributed by atoms with Gasteiger partial charge in [-0.25, -0.2) is 13.2 Å². The zero-order chi connectivity index (χ0) is 32.3. The van der Waals surface area contributed by atoms with Crippen LogP contribution in [0.2, 0.25) is 5.02 Å². The average molecular weight is 667 g/mol. The number of imidazole rings is 1. The van der Waals surface area contributed by atoms with Crippen LogP contribution in [-0.2, 0) is 42.8 Å². The lowest BCUT2D eigenvalue weighted by Crippen LogP contribution is -2.42. The molecule has 0 aliphatic carbocycles. The molecule has 2 aromatic carbocycles. The van der Waals surface area contributed by atoms with Gasteiger partial charge in [-0.2, -0.15) is 22.6 Å². The summed E-state index contributed by atoms with van der Waals surface area (Å²) in [6.07, 6.45) is -2.37. The first-order valence-electron chi connectivity index (χ1n) is 14.7. The van der Waals surface area contributed by atoms with E-state index >= 15 is 0 Å². The van der Waals surface area contributed by atoms with Gasteiger partial charge in [0.2, 0.25) is 10.0 Å². The molecule has 1 atom stereocenters. The van der Waals surface area contributed by atoms with Crippen molar-refractivity contribution in [3.05, 3.63) is 74.8 Å². The van der Waals surface area contributed by atoms with Gasteiger partial charge in [0.25, 0.3) is 0 Å². The number of fused-ring (bicyclic) bond motifs is 2. The first kappa shape index (κ1) is 31.8. The van der Waals surface area contributed by atoms with Gasteiger partial charge in [-0.05, 0) is 43.2 Å². The second kappa shape index (κ2) is 11.9. The number of likely N-dealkylation sites (tertiary alicyclic amines) is 1. The SMILES string of the molecule is Cn1c(=O)n(C2CCN(C[C@@H](O)Cn3nc(-c4ccc(C(F)(F)F)cc4)c4c3CCN(S(C)(=O)=O)C4)CC2)c2cc(Cl)ccc21. The molecular formula is C30H34ClF3N6O4S. The molecule has 1 fully saturated rings. The Hall–Kier alpha value is -3.17. The molecule has 0 bridgehead atoms. The van der Waals surface area contributed by atoms with E-state index in [1.54, 1.807) is 22.4 Å². The van der Waals surface area contributed by atoms with Crippen LogP contribution < -0.4 is 5.69 Å². The molecule has 0 radical (unpaired) electrons. The summed E-state index contributed by atoms with van der Waals surface area (Å²) in [7, 11) is -1.76. The van der Waals surface area contributed by atoms with Crippen LogP contribution in [0.15, 0.2) is 47.3 Å². The smallest absolute Gasteiger partial charge is 0.390 e. The number of aliphatic hydroxyl groups is 1. The quantitative estimate of drug-likeness (QED) is 0.321. The zero-order valence-corrected chi connectivity index (χ0v) is 26.4. The van der Waals surface area contributed by atoms with Crippen LogP contribution in [0.4, 0.5) is 13.2 Å². The summed E-state index contributed by atoms with van der Waals surface area (Å²) in [4.78, 5) is 15.2. The minimum atomic E-state index is -4.48. The number of aromatic nitrogens is 4. The predicted molar refractivity (Wildman–Crippen MR) is 165 cm³/mol. The van der Waals surface area contributed by atoms with Crippen LogP contribution in [0.3, 0.4) is 0 Å². The number of hydrogen-bond donors (Lipinski definition) is 1. The van der Waals surface area contributed by atoms with Gasteiger partial charge in [0, 0.05) is 74.1 Å². The normalized spacial score (nSPS) is 18.0. The lowest BCUT2D eigenvalue weighted by atomic mass is 10.0. The van der Waals surface area contributed by atoms with E-state index in [-0.39, 0.29) is 31.4 Å². The number of aliphatic hydroxyl groups excluding tert-OH is 1. The minimum absolute atomic E-state index is 0.00437. The molecule has 15 heteroatoms. The maximum Gasteiger partial charge on any atom is 0.416 e. The highest BCUT2D eigenvalue weighted by molar-refractivity contribution is 7.88. The highest BCUT2D eigenvalue weighted by Crippen LogP contribution is 2.35. The predicted octanol–water partition coefficient (Wildman–Crippen LogP) is 3.89. The van der Waals surface area contributed by atoms with E-state index in [0.29, 0.717) is 47.9 Å². The number of sulfonamides is 1. The Morgan fingerprint density at radius 3 is 2.38 bits per heavy atom. The number of rotatable bonds is 7. The summed E-state index contributed by atoms with van der Waals surface area (Å²) < 4.78 is 70.6. The standard InChI is InChI=1S/C30H34ClF3N6O4S/c1-36-26-8-7-21(31)15-27(26)40(29(36)42)22-9-12-37(13-10-22)16-23(41)17-39-25-11-14-38(45(2,43)44)18-24(25)28(35-39)19-3-5-20(6-4-19)30(32,33)34/h3-8,15,22-23,41H,9-14,16-18H2,1-2H3/t23-/m1/s1. The van der Waals surface area contributed by atoms with Gasteiger partial charge >= 0.3 is 11.9 Å². The fourth-order valence-electron chi connectivity index (χ4n) is 6.56. The second-order valence-electron chi connectivity index (χ2n) is 11.9. The van der Waals surface area contributed by atoms with Gasteiger partial charge < -0.3 is 10.0 Å². The number of piperidine rings is 1. The Bertz CT molecular complexity index is 1890. The van der Waals surface area contributed by atoms with Crippen molar-refractivity contribution in [1.29, 1.82) is 0 Å². The van der Waals surface area contributed by atoms with Crippen molar-refractivity contribution in [2.45, 2.75) is 50.7 Å². The molecule has 6 rings (SSSR count). The highest BCUT2D eigenvalue weighted by atomic mass is 35.5. The van der Waals surface area contributed by atoms with E-state index < -0.39 is 27.9 Å². The molecule has 1 N–H and O–H groups in total.